The molecule has 1 heterocycles. The van der Waals surface area contributed by atoms with Crippen LogP contribution in [0.5, 0.6) is 0 Å². The van der Waals surface area contributed by atoms with E-state index < -0.39 is 0 Å². The third kappa shape index (κ3) is 5.84. The van der Waals surface area contributed by atoms with Crippen LogP contribution in [-0.2, 0) is 6.42 Å². The van der Waals surface area contributed by atoms with Crippen molar-refractivity contribution in [2.75, 3.05) is 29.9 Å². The van der Waals surface area contributed by atoms with E-state index in [4.69, 9.17) is 4.98 Å². The first kappa shape index (κ1) is 18.2. The average Bonchev–Trinajstić information content (AvgIpc) is 2.59. The Kier molecular flexibility index (Phi) is 7.53. The predicted octanol–water partition coefficient (Wildman–Crippen LogP) is 4.46. The van der Waals surface area contributed by atoms with Crippen molar-refractivity contribution in [2.45, 2.75) is 46.5 Å². The summed E-state index contributed by atoms with van der Waals surface area (Å²) >= 11 is 0. The first-order valence-electron chi connectivity index (χ1n) is 9.11. The molecule has 0 saturated heterocycles. The minimum absolute atomic E-state index is 0.746. The molecule has 0 amide bonds. The Morgan fingerprint density at radius 1 is 1.00 bits per heavy atom. The van der Waals surface area contributed by atoms with Crippen LogP contribution < -0.4 is 10.2 Å². The Morgan fingerprint density at radius 3 is 2.38 bits per heavy atom. The van der Waals surface area contributed by atoms with Crippen LogP contribution in [0, 0.1) is 6.92 Å². The zero-order valence-corrected chi connectivity index (χ0v) is 15.3. The number of hydrogen-bond acceptors (Lipinski definition) is 4. The van der Waals surface area contributed by atoms with Gasteiger partial charge >= 0.3 is 0 Å². The van der Waals surface area contributed by atoms with Crippen molar-refractivity contribution in [3.05, 3.63) is 47.7 Å². The van der Waals surface area contributed by atoms with Crippen molar-refractivity contribution in [2.24, 2.45) is 0 Å². The van der Waals surface area contributed by atoms with Crippen LogP contribution in [0.3, 0.4) is 0 Å². The largest absolute Gasteiger partial charge is 0.356 e. The Labute approximate surface area is 146 Å². The summed E-state index contributed by atoms with van der Waals surface area (Å²) in [5.74, 6) is 1.78. The molecule has 0 saturated carbocycles. The van der Waals surface area contributed by atoms with E-state index in [1.807, 2.05) is 6.92 Å². The van der Waals surface area contributed by atoms with Crippen LogP contribution in [0.2, 0.25) is 0 Å². The fourth-order valence-electron chi connectivity index (χ4n) is 2.81. The normalized spacial score (nSPS) is 10.6. The molecule has 130 valence electrons. The molecule has 4 nitrogen and oxygen atoms in total. The maximum atomic E-state index is 4.72. The number of nitrogens with one attached hydrogen (secondary N) is 1. The molecule has 1 aromatic carbocycles. The van der Waals surface area contributed by atoms with Gasteiger partial charge in [0.1, 0.15) is 5.82 Å². The lowest BCUT2D eigenvalue weighted by Crippen LogP contribution is -2.26. The predicted molar refractivity (Wildman–Crippen MR) is 103 cm³/mol. The van der Waals surface area contributed by atoms with E-state index in [-0.39, 0.29) is 0 Å². The Morgan fingerprint density at radius 2 is 1.71 bits per heavy atom. The summed E-state index contributed by atoms with van der Waals surface area (Å²) in [5, 5.41) is 3.39. The van der Waals surface area contributed by atoms with Crippen LogP contribution in [0.4, 0.5) is 11.8 Å². The fourth-order valence-corrected chi connectivity index (χ4v) is 2.81. The summed E-state index contributed by atoms with van der Waals surface area (Å²) in [4.78, 5) is 11.6. The highest BCUT2D eigenvalue weighted by Crippen LogP contribution is 2.16. The highest BCUT2D eigenvalue weighted by atomic mass is 15.2. The van der Waals surface area contributed by atoms with E-state index in [1.54, 1.807) is 0 Å². The molecule has 1 N–H and O–H groups in total. The minimum atomic E-state index is 0.746. The van der Waals surface area contributed by atoms with E-state index in [0.717, 1.165) is 62.8 Å². The van der Waals surface area contributed by atoms with Crippen molar-refractivity contribution < 1.29 is 0 Å². The van der Waals surface area contributed by atoms with Crippen LogP contribution in [0.25, 0.3) is 0 Å². The number of anilines is 2. The molecule has 2 rings (SSSR count). The molecule has 0 atom stereocenters. The number of rotatable bonds is 10. The van der Waals surface area contributed by atoms with Crippen molar-refractivity contribution >= 4 is 11.8 Å². The van der Waals surface area contributed by atoms with Gasteiger partial charge in [0.2, 0.25) is 5.95 Å². The molecule has 0 aliphatic heterocycles. The summed E-state index contributed by atoms with van der Waals surface area (Å²) < 4.78 is 0. The smallest absolute Gasteiger partial charge is 0.224 e. The van der Waals surface area contributed by atoms with Crippen molar-refractivity contribution in [1.82, 2.24) is 9.97 Å². The fraction of sp³-hybridized carbons (Fsp3) is 0.500. The molecule has 24 heavy (non-hydrogen) atoms. The van der Waals surface area contributed by atoms with Crippen LogP contribution >= 0.6 is 0 Å². The van der Waals surface area contributed by atoms with E-state index in [0.29, 0.717) is 0 Å². The molecular formula is C20H30N4. The molecule has 0 bridgehead atoms. The number of nitrogens with zero attached hydrogens (tertiary/aromatic N) is 3. The topological polar surface area (TPSA) is 41.1 Å². The monoisotopic (exact) mass is 326 g/mol. The van der Waals surface area contributed by atoms with Gasteiger partial charge in [0.15, 0.2) is 0 Å². The zero-order chi connectivity index (χ0) is 17.2. The van der Waals surface area contributed by atoms with Gasteiger partial charge in [-0.15, -0.1) is 0 Å². The van der Waals surface area contributed by atoms with Crippen LogP contribution in [0.1, 0.15) is 44.4 Å². The van der Waals surface area contributed by atoms with Gasteiger partial charge in [0.05, 0.1) is 0 Å². The highest BCUT2D eigenvalue weighted by molar-refractivity contribution is 5.44. The number of benzene rings is 1. The Hall–Kier alpha value is -2.10. The second kappa shape index (κ2) is 9.91. The molecule has 0 radical (unpaired) electrons. The maximum Gasteiger partial charge on any atom is 0.224 e. The summed E-state index contributed by atoms with van der Waals surface area (Å²) in [7, 11) is 0. The van der Waals surface area contributed by atoms with Crippen molar-refractivity contribution in [3.8, 4) is 0 Å². The van der Waals surface area contributed by atoms with E-state index in [9.17, 15) is 0 Å². The van der Waals surface area contributed by atoms with Gasteiger partial charge in [0, 0.05) is 31.4 Å². The average molecular weight is 326 g/mol. The zero-order valence-electron chi connectivity index (χ0n) is 15.3. The van der Waals surface area contributed by atoms with Gasteiger partial charge in [-0.3, -0.25) is 0 Å². The maximum absolute atomic E-state index is 4.72. The lowest BCUT2D eigenvalue weighted by molar-refractivity contribution is 0.731. The Bertz CT molecular complexity index is 592. The van der Waals surface area contributed by atoms with E-state index >= 15 is 0 Å². The van der Waals surface area contributed by atoms with Gasteiger partial charge < -0.3 is 10.2 Å². The SMILES string of the molecule is CCCN(CCC)c1cc(C)nc(NCCCc2ccccc2)n1. The van der Waals surface area contributed by atoms with Crippen molar-refractivity contribution in [3.63, 3.8) is 0 Å². The third-order valence-electron chi connectivity index (χ3n) is 3.92. The molecular weight excluding hydrogens is 296 g/mol. The quantitative estimate of drug-likeness (QED) is 0.655. The van der Waals surface area contributed by atoms with Gasteiger partial charge in [-0.25, -0.2) is 4.98 Å². The minimum Gasteiger partial charge on any atom is -0.356 e. The lowest BCUT2D eigenvalue weighted by atomic mass is 10.1. The Balaban J connectivity index is 1.92. The van der Waals surface area contributed by atoms with Crippen molar-refractivity contribution in [1.29, 1.82) is 0 Å². The summed E-state index contributed by atoms with van der Waals surface area (Å²) in [5.41, 5.74) is 2.39. The molecule has 0 spiro atoms. The first-order chi connectivity index (χ1) is 11.7. The summed E-state index contributed by atoms with van der Waals surface area (Å²) in [6.45, 7) is 9.42. The van der Waals surface area contributed by atoms with Gasteiger partial charge in [-0.05, 0) is 38.2 Å². The second-order valence-corrected chi connectivity index (χ2v) is 6.19. The molecule has 1 aromatic heterocycles. The lowest BCUT2D eigenvalue weighted by Gasteiger charge is -2.23. The number of aryl methyl sites for hydroxylation is 2. The second-order valence-electron chi connectivity index (χ2n) is 6.19. The van der Waals surface area contributed by atoms with E-state index in [2.05, 4.69) is 65.4 Å². The molecule has 4 heteroatoms. The number of aromatic nitrogens is 2. The molecule has 0 unspecified atom stereocenters. The third-order valence-corrected chi connectivity index (χ3v) is 3.92. The molecule has 0 aliphatic rings. The first-order valence-corrected chi connectivity index (χ1v) is 9.11. The van der Waals surface area contributed by atoms with Crippen LogP contribution in [-0.4, -0.2) is 29.6 Å². The summed E-state index contributed by atoms with van der Waals surface area (Å²) in [6.07, 6.45) is 4.40. The van der Waals surface area contributed by atoms with E-state index in [1.165, 1.54) is 5.56 Å². The molecule has 2 aromatic rings. The van der Waals surface area contributed by atoms with Crippen LogP contribution in [0.15, 0.2) is 36.4 Å². The van der Waals surface area contributed by atoms with Gasteiger partial charge in [-0.1, -0.05) is 44.2 Å². The molecule has 0 aliphatic carbocycles. The highest BCUT2D eigenvalue weighted by Gasteiger charge is 2.09. The standard InChI is InChI=1S/C20H30N4/c1-4-14-24(15-5-2)19-16-17(3)22-20(23-19)21-13-9-12-18-10-7-6-8-11-18/h6-8,10-11,16H,4-5,9,12-15H2,1-3H3,(H,21,22,23). The summed E-state index contributed by atoms with van der Waals surface area (Å²) in [6, 6.07) is 12.7. The van der Waals surface area contributed by atoms with Gasteiger partial charge in [-0.2, -0.15) is 4.98 Å². The number of hydrogen-bond donors (Lipinski definition) is 1. The molecule has 0 fully saturated rings. The van der Waals surface area contributed by atoms with Gasteiger partial charge in [0.25, 0.3) is 0 Å².